The van der Waals surface area contributed by atoms with Crippen LogP contribution in [-0.2, 0) is 4.79 Å². The second kappa shape index (κ2) is 3.12. The molecule has 1 aromatic rings. The molecule has 11 heavy (non-hydrogen) atoms. The Bertz CT molecular complexity index is 247. The maximum atomic E-state index is 10.7. The predicted octanol–water partition coefficient (Wildman–Crippen LogP) is 0.308. The lowest BCUT2D eigenvalue weighted by Crippen LogP contribution is -2.35. The van der Waals surface area contributed by atoms with Crippen LogP contribution in [0, 0.1) is 0 Å². The van der Waals surface area contributed by atoms with Gasteiger partial charge in [-0.05, 0) is 12.1 Å². The van der Waals surface area contributed by atoms with Gasteiger partial charge in [-0.1, -0.05) is 0 Å². The maximum absolute atomic E-state index is 10.7. The van der Waals surface area contributed by atoms with Gasteiger partial charge in [0.15, 0.2) is 0 Å². The van der Waals surface area contributed by atoms with Crippen LogP contribution in [0.1, 0.15) is 6.92 Å². The highest BCUT2D eigenvalue weighted by molar-refractivity contribution is 5.89. The Labute approximate surface area is 64.6 Å². The Morgan fingerprint density at radius 1 is 1.73 bits per heavy atom. The molecule has 0 aliphatic carbocycles. The normalized spacial score (nSPS) is 9.27. The Morgan fingerprint density at radius 3 is 2.91 bits per heavy atom. The first-order chi connectivity index (χ1) is 5.22. The fourth-order valence-corrected chi connectivity index (χ4v) is 0.678. The lowest BCUT2D eigenvalue weighted by atomic mass is 10.4. The molecule has 1 rings (SSSR count). The Kier molecular flexibility index (Phi) is 2.18. The minimum atomic E-state index is -0.210. The van der Waals surface area contributed by atoms with E-state index in [1.807, 2.05) is 0 Å². The molecular formula is C7H9N3O. The molecule has 58 valence electrons. The van der Waals surface area contributed by atoms with Crippen molar-refractivity contribution in [2.45, 2.75) is 6.92 Å². The summed E-state index contributed by atoms with van der Waals surface area (Å²) in [7, 11) is 0. The van der Waals surface area contributed by atoms with Crippen molar-refractivity contribution < 1.29 is 4.79 Å². The number of hydrazine groups is 1. The van der Waals surface area contributed by atoms with Gasteiger partial charge in [-0.2, -0.15) is 0 Å². The second-order valence-corrected chi connectivity index (χ2v) is 2.10. The Balaban J connectivity index is 2.85. The fraction of sp³-hybridized carbons (Fsp3) is 0.143. The molecule has 0 aliphatic rings. The number of rotatable bonds is 1. The van der Waals surface area contributed by atoms with Crippen molar-refractivity contribution in [3.63, 3.8) is 0 Å². The zero-order valence-electron chi connectivity index (χ0n) is 6.19. The highest BCUT2D eigenvalue weighted by atomic mass is 16.2. The number of nitrogens with two attached hydrogens (primary N) is 1. The minimum Gasteiger partial charge on any atom is -0.273 e. The molecule has 0 aliphatic heterocycles. The molecule has 0 radical (unpaired) electrons. The summed E-state index contributed by atoms with van der Waals surface area (Å²) in [5, 5.41) is 1.05. The summed E-state index contributed by atoms with van der Waals surface area (Å²) in [5.74, 6) is 5.17. The third-order valence-electron chi connectivity index (χ3n) is 1.26. The number of carbonyl (C=O) groups is 1. The Morgan fingerprint density at radius 2 is 2.45 bits per heavy atom. The number of hydrogen-bond donors (Lipinski definition) is 1. The quantitative estimate of drug-likeness (QED) is 0.357. The zero-order chi connectivity index (χ0) is 8.27. The molecule has 0 unspecified atom stereocenters. The predicted molar refractivity (Wildman–Crippen MR) is 41.6 cm³/mol. The summed E-state index contributed by atoms with van der Waals surface area (Å²) in [6.07, 6.45) is 3.15. The molecule has 1 heterocycles. The largest absolute Gasteiger partial charge is 0.273 e. The van der Waals surface area contributed by atoms with E-state index in [0.717, 1.165) is 5.01 Å². The summed E-state index contributed by atoms with van der Waals surface area (Å²) < 4.78 is 0. The van der Waals surface area contributed by atoms with Crippen molar-refractivity contribution >= 4 is 11.6 Å². The average molecular weight is 151 g/mol. The van der Waals surface area contributed by atoms with Gasteiger partial charge in [0, 0.05) is 13.1 Å². The van der Waals surface area contributed by atoms with Crippen molar-refractivity contribution in [1.82, 2.24) is 4.98 Å². The van der Waals surface area contributed by atoms with Crippen LogP contribution in [0.25, 0.3) is 0 Å². The van der Waals surface area contributed by atoms with E-state index in [1.54, 1.807) is 18.3 Å². The molecule has 0 spiro atoms. The number of anilines is 1. The van der Waals surface area contributed by atoms with E-state index in [4.69, 9.17) is 5.84 Å². The van der Waals surface area contributed by atoms with Crippen LogP contribution in [-0.4, -0.2) is 10.9 Å². The van der Waals surface area contributed by atoms with E-state index in [1.165, 1.54) is 13.1 Å². The maximum Gasteiger partial charge on any atom is 0.238 e. The molecule has 0 aromatic carbocycles. The standard InChI is InChI=1S/C7H9N3O/c1-6(11)10(8)7-3-2-4-9-5-7/h2-5H,8H2,1H3. The number of carbonyl (C=O) groups excluding carboxylic acids is 1. The molecule has 0 bridgehead atoms. The summed E-state index contributed by atoms with van der Waals surface area (Å²) in [6.45, 7) is 1.40. The highest BCUT2D eigenvalue weighted by Gasteiger charge is 2.03. The van der Waals surface area contributed by atoms with Gasteiger partial charge in [0.05, 0.1) is 11.9 Å². The first-order valence-corrected chi connectivity index (χ1v) is 3.17. The van der Waals surface area contributed by atoms with Crippen LogP contribution in [0.15, 0.2) is 24.5 Å². The lowest BCUT2D eigenvalue weighted by molar-refractivity contribution is -0.116. The van der Waals surface area contributed by atoms with Crippen LogP contribution >= 0.6 is 0 Å². The van der Waals surface area contributed by atoms with E-state index in [0.29, 0.717) is 5.69 Å². The molecule has 2 N–H and O–H groups in total. The smallest absolute Gasteiger partial charge is 0.238 e. The van der Waals surface area contributed by atoms with Gasteiger partial charge in [-0.25, -0.2) is 10.9 Å². The first-order valence-electron chi connectivity index (χ1n) is 3.17. The van der Waals surface area contributed by atoms with E-state index in [2.05, 4.69) is 4.98 Å². The molecule has 0 atom stereocenters. The van der Waals surface area contributed by atoms with Gasteiger partial charge < -0.3 is 0 Å². The van der Waals surface area contributed by atoms with Crippen LogP contribution in [0.3, 0.4) is 0 Å². The first kappa shape index (κ1) is 7.68. The lowest BCUT2D eigenvalue weighted by Gasteiger charge is -2.12. The molecule has 0 fully saturated rings. The number of hydrogen-bond acceptors (Lipinski definition) is 3. The summed E-state index contributed by atoms with van der Waals surface area (Å²) in [4.78, 5) is 14.5. The molecule has 1 aromatic heterocycles. The SMILES string of the molecule is CC(=O)N(N)c1cccnc1. The van der Waals surface area contributed by atoms with Gasteiger partial charge in [-0.15, -0.1) is 0 Å². The molecule has 0 saturated heterocycles. The molecule has 4 heteroatoms. The summed E-state index contributed by atoms with van der Waals surface area (Å²) in [6, 6.07) is 3.44. The average Bonchev–Trinajstić information content (AvgIpc) is 2.05. The molecule has 4 nitrogen and oxygen atoms in total. The van der Waals surface area contributed by atoms with Gasteiger partial charge >= 0.3 is 0 Å². The highest BCUT2D eigenvalue weighted by Crippen LogP contribution is 2.06. The van der Waals surface area contributed by atoms with Crippen molar-refractivity contribution in [3.8, 4) is 0 Å². The number of aromatic nitrogens is 1. The van der Waals surface area contributed by atoms with Gasteiger partial charge in [0.25, 0.3) is 0 Å². The van der Waals surface area contributed by atoms with Crippen molar-refractivity contribution in [1.29, 1.82) is 0 Å². The van der Waals surface area contributed by atoms with E-state index in [9.17, 15) is 4.79 Å². The van der Waals surface area contributed by atoms with Crippen LogP contribution < -0.4 is 10.9 Å². The third-order valence-corrected chi connectivity index (χ3v) is 1.26. The van der Waals surface area contributed by atoms with Crippen molar-refractivity contribution in [3.05, 3.63) is 24.5 Å². The van der Waals surface area contributed by atoms with Crippen molar-refractivity contribution in [2.75, 3.05) is 5.01 Å². The van der Waals surface area contributed by atoms with Gasteiger partial charge in [-0.3, -0.25) is 9.78 Å². The number of nitrogens with zero attached hydrogens (tertiary/aromatic N) is 2. The topological polar surface area (TPSA) is 59.2 Å². The van der Waals surface area contributed by atoms with Crippen LogP contribution in [0.4, 0.5) is 5.69 Å². The Hall–Kier alpha value is -1.42. The second-order valence-electron chi connectivity index (χ2n) is 2.10. The van der Waals surface area contributed by atoms with Gasteiger partial charge in [0.1, 0.15) is 0 Å². The van der Waals surface area contributed by atoms with E-state index in [-0.39, 0.29) is 5.91 Å². The van der Waals surface area contributed by atoms with E-state index < -0.39 is 0 Å². The molecule has 0 saturated carbocycles. The van der Waals surface area contributed by atoms with Crippen LogP contribution in [0.5, 0.6) is 0 Å². The van der Waals surface area contributed by atoms with Gasteiger partial charge in [0.2, 0.25) is 5.91 Å². The summed E-state index contributed by atoms with van der Waals surface area (Å²) >= 11 is 0. The molecule has 1 amide bonds. The fourth-order valence-electron chi connectivity index (χ4n) is 0.678. The van der Waals surface area contributed by atoms with Crippen LogP contribution in [0.2, 0.25) is 0 Å². The summed E-state index contributed by atoms with van der Waals surface area (Å²) in [5.41, 5.74) is 0.597. The monoisotopic (exact) mass is 151 g/mol. The number of amides is 1. The number of pyridine rings is 1. The minimum absolute atomic E-state index is 0.210. The van der Waals surface area contributed by atoms with E-state index >= 15 is 0 Å². The zero-order valence-corrected chi connectivity index (χ0v) is 6.19. The van der Waals surface area contributed by atoms with Crippen molar-refractivity contribution in [2.24, 2.45) is 5.84 Å². The third kappa shape index (κ3) is 1.75. The molecular weight excluding hydrogens is 142 g/mol.